The molecule has 110 valence electrons. The van der Waals surface area contributed by atoms with Crippen LogP contribution in [-0.4, -0.2) is 48.8 Å². The molecule has 3 atom stereocenters. The maximum absolute atomic E-state index is 12.1. The second kappa shape index (κ2) is 7.45. The Morgan fingerprint density at radius 2 is 2.05 bits per heavy atom. The van der Waals surface area contributed by atoms with Crippen LogP contribution in [0.25, 0.3) is 0 Å². The first-order valence-electron chi connectivity index (χ1n) is 6.81. The molecule has 3 unspecified atom stereocenters. The number of ether oxygens (including phenoxy) is 1. The molecule has 1 fully saturated rings. The number of amides is 1. The molecule has 0 aromatic rings. The third-order valence-corrected chi connectivity index (χ3v) is 3.30. The molecule has 0 aromatic heterocycles. The summed E-state index contributed by atoms with van der Waals surface area (Å²) in [5.74, 6) is -1.70. The topological polar surface area (TPSA) is 87.7 Å². The van der Waals surface area contributed by atoms with E-state index < -0.39 is 12.0 Å². The van der Waals surface area contributed by atoms with E-state index in [1.165, 1.54) is 0 Å². The van der Waals surface area contributed by atoms with Gasteiger partial charge in [0.15, 0.2) is 0 Å². The third-order valence-electron chi connectivity index (χ3n) is 3.30. The molecule has 1 rings (SSSR count). The zero-order valence-corrected chi connectivity index (χ0v) is 11.8. The quantitative estimate of drug-likeness (QED) is 0.617. The van der Waals surface area contributed by atoms with Crippen molar-refractivity contribution in [3.63, 3.8) is 0 Å². The SMILES string of the molecule is CCCNC1COCC1C(=O)NC(C(=O)O)C(C)C. The summed E-state index contributed by atoms with van der Waals surface area (Å²) in [7, 11) is 0. The van der Waals surface area contributed by atoms with Crippen molar-refractivity contribution in [1.82, 2.24) is 10.6 Å². The molecule has 0 radical (unpaired) electrons. The summed E-state index contributed by atoms with van der Waals surface area (Å²) in [5, 5.41) is 14.9. The summed E-state index contributed by atoms with van der Waals surface area (Å²) < 4.78 is 5.32. The number of carboxylic acids is 1. The maximum Gasteiger partial charge on any atom is 0.326 e. The smallest absolute Gasteiger partial charge is 0.326 e. The van der Waals surface area contributed by atoms with E-state index in [2.05, 4.69) is 17.6 Å². The van der Waals surface area contributed by atoms with E-state index in [4.69, 9.17) is 9.84 Å². The predicted octanol–water partition coefficient (Wildman–Crippen LogP) is 0.226. The highest BCUT2D eigenvalue weighted by Gasteiger charge is 2.36. The molecule has 1 heterocycles. The zero-order chi connectivity index (χ0) is 14.4. The van der Waals surface area contributed by atoms with Crippen molar-refractivity contribution in [1.29, 1.82) is 0 Å². The van der Waals surface area contributed by atoms with E-state index in [0.29, 0.717) is 13.2 Å². The van der Waals surface area contributed by atoms with Gasteiger partial charge in [0.2, 0.25) is 5.91 Å². The van der Waals surface area contributed by atoms with Gasteiger partial charge < -0.3 is 20.5 Å². The van der Waals surface area contributed by atoms with Gasteiger partial charge in [0.25, 0.3) is 0 Å². The van der Waals surface area contributed by atoms with E-state index in [-0.39, 0.29) is 23.8 Å². The summed E-state index contributed by atoms with van der Waals surface area (Å²) in [6, 6.07) is -0.874. The van der Waals surface area contributed by atoms with Crippen LogP contribution in [-0.2, 0) is 14.3 Å². The van der Waals surface area contributed by atoms with Gasteiger partial charge in [0, 0.05) is 6.04 Å². The molecule has 6 nitrogen and oxygen atoms in total. The number of hydrogen-bond donors (Lipinski definition) is 3. The first-order valence-corrected chi connectivity index (χ1v) is 6.81. The summed E-state index contributed by atoms with van der Waals surface area (Å²) in [6.45, 7) is 7.27. The highest BCUT2D eigenvalue weighted by Crippen LogP contribution is 2.15. The molecule has 3 N–H and O–H groups in total. The number of hydrogen-bond acceptors (Lipinski definition) is 4. The molecule has 0 aliphatic carbocycles. The second-order valence-electron chi connectivity index (χ2n) is 5.27. The minimum Gasteiger partial charge on any atom is -0.480 e. The highest BCUT2D eigenvalue weighted by atomic mass is 16.5. The number of carbonyl (C=O) groups is 2. The highest BCUT2D eigenvalue weighted by molar-refractivity contribution is 5.85. The molecule has 0 saturated carbocycles. The van der Waals surface area contributed by atoms with Gasteiger partial charge in [-0.3, -0.25) is 4.79 Å². The third kappa shape index (κ3) is 4.47. The van der Waals surface area contributed by atoms with Crippen LogP contribution in [0.2, 0.25) is 0 Å². The Balaban J connectivity index is 2.58. The minimum atomic E-state index is -1.000. The van der Waals surface area contributed by atoms with Crippen LogP contribution >= 0.6 is 0 Å². The largest absolute Gasteiger partial charge is 0.480 e. The molecule has 1 aliphatic heterocycles. The Bertz CT molecular complexity index is 320. The Kier molecular flexibility index (Phi) is 6.24. The Morgan fingerprint density at radius 3 is 2.58 bits per heavy atom. The summed E-state index contributed by atoms with van der Waals surface area (Å²) in [4.78, 5) is 23.2. The molecule has 1 saturated heterocycles. The monoisotopic (exact) mass is 272 g/mol. The molecule has 0 bridgehead atoms. The van der Waals surface area contributed by atoms with Gasteiger partial charge >= 0.3 is 5.97 Å². The lowest BCUT2D eigenvalue weighted by molar-refractivity contribution is -0.143. The van der Waals surface area contributed by atoms with E-state index >= 15 is 0 Å². The number of aliphatic carboxylic acids is 1. The fourth-order valence-corrected chi connectivity index (χ4v) is 2.12. The van der Waals surface area contributed by atoms with Gasteiger partial charge in [-0.25, -0.2) is 4.79 Å². The van der Waals surface area contributed by atoms with E-state index in [1.807, 2.05) is 0 Å². The molecule has 0 aromatic carbocycles. The van der Waals surface area contributed by atoms with Crippen LogP contribution in [0.4, 0.5) is 0 Å². The first kappa shape index (κ1) is 15.9. The van der Waals surface area contributed by atoms with Crippen LogP contribution in [0.3, 0.4) is 0 Å². The van der Waals surface area contributed by atoms with Crippen molar-refractivity contribution in [3.05, 3.63) is 0 Å². The van der Waals surface area contributed by atoms with Crippen molar-refractivity contribution in [2.24, 2.45) is 11.8 Å². The lowest BCUT2D eigenvalue weighted by atomic mass is 9.99. The van der Waals surface area contributed by atoms with Crippen molar-refractivity contribution in [2.75, 3.05) is 19.8 Å². The molecule has 0 spiro atoms. The Hall–Kier alpha value is -1.14. The normalized spacial score (nSPS) is 24.4. The lowest BCUT2D eigenvalue weighted by Gasteiger charge is -2.23. The van der Waals surface area contributed by atoms with Crippen LogP contribution in [0.1, 0.15) is 27.2 Å². The molecular formula is C13H24N2O4. The van der Waals surface area contributed by atoms with Crippen molar-refractivity contribution >= 4 is 11.9 Å². The first-order chi connectivity index (χ1) is 8.97. The van der Waals surface area contributed by atoms with Crippen LogP contribution in [0.5, 0.6) is 0 Å². The number of carboxylic acid groups (broad SMARTS) is 1. The van der Waals surface area contributed by atoms with Crippen LogP contribution in [0.15, 0.2) is 0 Å². The van der Waals surface area contributed by atoms with Crippen molar-refractivity contribution in [3.8, 4) is 0 Å². The van der Waals surface area contributed by atoms with Gasteiger partial charge in [-0.2, -0.15) is 0 Å². The van der Waals surface area contributed by atoms with Gasteiger partial charge in [-0.05, 0) is 18.9 Å². The molecule has 1 amide bonds. The molecule has 1 aliphatic rings. The number of carbonyl (C=O) groups excluding carboxylic acids is 1. The van der Waals surface area contributed by atoms with Crippen molar-refractivity contribution < 1.29 is 19.4 Å². The van der Waals surface area contributed by atoms with E-state index in [0.717, 1.165) is 13.0 Å². The van der Waals surface area contributed by atoms with Crippen LogP contribution < -0.4 is 10.6 Å². The number of rotatable bonds is 7. The van der Waals surface area contributed by atoms with Gasteiger partial charge in [0.1, 0.15) is 6.04 Å². The molecule has 19 heavy (non-hydrogen) atoms. The van der Waals surface area contributed by atoms with E-state index in [1.54, 1.807) is 13.8 Å². The summed E-state index contributed by atoms with van der Waals surface area (Å²) >= 11 is 0. The minimum absolute atomic E-state index is 0.0263. The summed E-state index contributed by atoms with van der Waals surface area (Å²) in [5.41, 5.74) is 0. The van der Waals surface area contributed by atoms with Gasteiger partial charge in [-0.1, -0.05) is 20.8 Å². The second-order valence-corrected chi connectivity index (χ2v) is 5.27. The van der Waals surface area contributed by atoms with Gasteiger partial charge in [-0.15, -0.1) is 0 Å². The average Bonchev–Trinajstić information content (AvgIpc) is 2.80. The number of nitrogens with one attached hydrogen (secondary N) is 2. The molecular weight excluding hydrogens is 248 g/mol. The van der Waals surface area contributed by atoms with Gasteiger partial charge in [0.05, 0.1) is 19.1 Å². The standard InChI is InChI=1S/C13H24N2O4/c1-4-5-14-10-7-19-6-9(10)12(16)15-11(8(2)3)13(17)18/h8-11,14H,4-7H2,1-3H3,(H,15,16)(H,17,18). The average molecular weight is 272 g/mol. The van der Waals surface area contributed by atoms with E-state index in [9.17, 15) is 9.59 Å². The fraction of sp³-hybridized carbons (Fsp3) is 0.846. The predicted molar refractivity (Wildman–Crippen MR) is 70.8 cm³/mol. The maximum atomic E-state index is 12.1. The Labute approximate surface area is 113 Å². The van der Waals surface area contributed by atoms with Crippen molar-refractivity contribution in [2.45, 2.75) is 39.3 Å². The van der Waals surface area contributed by atoms with Crippen LogP contribution in [0, 0.1) is 11.8 Å². The Morgan fingerprint density at radius 1 is 1.37 bits per heavy atom. The lowest BCUT2D eigenvalue weighted by Crippen LogP contribution is -2.50. The molecule has 6 heteroatoms. The zero-order valence-electron chi connectivity index (χ0n) is 11.8. The fourth-order valence-electron chi connectivity index (χ4n) is 2.12. The summed E-state index contributed by atoms with van der Waals surface area (Å²) in [6.07, 6.45) is 0.981.